The molecule has 0 saturated heterocycles. The number of rotatable bonds is 7. The fourth-order valence-electron chi connectivity index (χ4n) is 2.27. The second-order valence-electron chi connectivity index (χ2n) is 5.53. The lowest BCUT2D eigenvalue weighted by molar-refractivity contribution is 0.0891. The van der Waals surface area contributed by atoms with Crippen LogP contribution in [-0.4, -0.2) is 23.3 Å². The zero-order valence-electron chi connectivity index (χ0n) is 13.6. The zero-order valence-corrected chi connectivity index (χ0v) is 15.2. The molecule has 0 fully saturated rings. The van der Waals surface area contributed by atoms with Gasteiger partial charge in [0, 0.05) is 4.47 Å². The normalized spacial score (nSPS) is 10.5. The summed E-state index contributed by atoms with van der Waals surface area (Å²) in [5, 5.41) is 9.84. The maximum atomic E-state index is 12.6. The van der Waals surface area contributed by atoms with Gasteiger partial charge in [-0.05, 0) is 43.7 Å². The molecule has 2 rings (SSSR count). The van der Waals surface area contributed by atoms with Crippen LogP contribution in [0.2, 0.25) is 0 Å². The summed E-state index contributed by atoms with van der Waals surface area (Å²) < 4.78 is 6.33. The number of carbonyl (C=O) groups excluding carboxylic acids is 2. The molecule has 0 heterocycles. The number of ether oxygens (including phenoxy) is 1. The second kappa shape index (κ2) is 8.11. The maximum absolute atomic E-state index is 12.6. The third-order valence-electron chi connectivity index (χ3n) is 3.48. The number of ketones is 2. The van der Waals surface area contributed by atoms with Gasteiger partial charge in [0.15, 0.2) is 11.6 Å². The van der Waals surface area contributed by atoms with E-state index in [0.29, 0.717) is 17.9 Å². The Morgan fingerprint density at radius 3 is 2.50 bits per heavy atom. The van der Waals surface area contributed by atoms with Crippen molar-refractivity contribution in [3.63, 3.8) is 0 Å². The third-order valence-corrected chi connectivity index (χ3v) is 3.97. The van der Waals surface area contributed by atoms with Gasteiger partial charge in [-0.3, -0.25) is 9.59 Å². The van der Waals surface area contributed by atoms with Crippen LogP contribution in [0.3, 0.4) is 0 Å². The first-order valence-corrected chi connectivity index (χ1v) is 8.50. The highest BCUT2D eigenvalue weighted by atomic mass is 79.9. The average Bonchev–Trinajstić information content (AvgIpc) is 2.55. The van der Waals surface area contributed by atoms with E-state index in [-0.39, 0.29) is 23.5 Å². The van der Waals surface area contributed by atoms with Crippen LogP contribution < -0.4 is 4.74 Å². The van der Waals surface area contributed by atoms with E-state index >= 15 is 0 Å². The van der Waals surface area contributed by atoms with Crippen LogP contribution in [0.4, 0.5) is 0 Å². The highest BCUT2D eigenvalue weighted by molar-refractivity contribution is 9.10. The molecule has 0 unspecified atom stereocenters. The third kappa shape index (κ3) is 4.45. The van der Waals surface area contributed by atoms with Crippen LogP contribution in [0.5, 0.6) is 11.5 Å². The Morgan fingerprint density at radius 1 is 1.08 bits per heavy atom. The van der Waals surface area contributed by atoms with Gasteiger partial charge in [-0.1, -0.05) is 34.5 Å². The number of hydrogen-bond donors (Lipinski definition) is 1. The summed E-state index contributed by atoms with van der Waals surface area (Å²) in [4.78, 5) is 24.9. The highest BCUT2D eigenvalue weighted by Crippen LogP contribution is 2.26. The quantitative estimate of drug-likeness (QED) is 0.549. The fraction of sp³-hybridized carbons (Fsp3) is 0.263. The number of Topliss-reactive ketones (excluding diaryl/α,β-unsaturated/α-hetero) is 2. The van der Waals surface area contributed by atoms with Gasteiger partial charge in [0.05, 0.1) is 24.2 Å². The van der Waals surface area contributed by atoms with Crippen LogP contribution in [-0.2, 0) is 0 Å². The molecule has 0 aliphatic rings. The van der Waals surface area contributed by atoms with E-state index in [4.69, 9.17) is 4.74 Å². The van der Waals surface area contributed by atoms with Crippen molar-refractivity contribution in [3.05, 3.63) is 57.6 Å². The lowest BCUT2D eigenvalue weighted by Crippen LogP contribution is -2.11. The number of phenolic OH excluding ortho intramolecular Hbond substituents is 1. The molecule has 0 amide bonds. The summed E-state index contributed by atoms with van der Waals surface area (Å²) >= 11 is 3.33. The van der Waals surface area contributed by atoms with E-state index in [1.165, 1.54) is 6.07 Å². The lowest BCUT2D eigenvalue weighted by atomic mass is 9.99. The summed E-state index contributed by atoms with van der Waals surface area (Å²) in [6, 6.07) is 9.90. The van der Waals surface area contributed by atoms with Crippen molar-refractivity contribution in [1.82, 2.24) is 0 Å². The van der Waals surface area contributed by atoms with E-state index in [0.717, 1.165) is 16.5 Å². The minimum atomic E-state index is -0.414. The molecule has 0 spiro atoms. The number of phenols is 1. The van der Waals surface area contributed by atoms with Gasteiger partial charge in [-0.2, -0.15) is 0 Å². The smallest absolute Gasteiger partial charge is 0.174 e. The van der Waals surface area contributed by atoms with Crippen LogP contribution in [0, 0.1) is 6.92 Å². The highest BCUT2D eigenvalue weighted by Gasteiger charge is 2.20. The van der Waals surface area contributed by atoms with Gasteiger partial charge in [0.1, 0.15) is 11.5 Å². The Hall–Kier alpha value is -2.14. The lowest BCUT2D eigenvalue weighted by Gasteiger charge is -2.11. The molecule has 0 atom stereocenters. The first-order valence-electron chi connectivity index (χ1n) is 7.70. The molecular formula is C19H19BrO4. The Kier molecular flexibility index (Phi) is 6.15. The largest absolute Gasteiger partial charge is 0.507 e. The fourth-order valence-corrected chi connectivity index (χ4v) is 2.63. The first-order chi connectivity index (χ1) is 11.4. The first kappa shape index (κ1) is 18.2. The molecule has 5 heteroatoms. The number of halogens is 1. The number of hydrogen-bond acceptors (Lipinski definition) is 4. The summed E-state index contributed by atoms with van der Waals surface area (Å²) in [6.07, 6.45) is 0.496. The number of carbonyl (C=O) groups is 2. The number of benzene rings is 2. The average molecular weight is 391 g/mol. The van der Waals surface area contributed by atoms with Crippen LogP contribution in [0.15, 0.2) is 40.9 Å². The van der Waals surface area contributed by atoms with Crippen LogP contribution >= 0.6 is 15.9 Å². The predicted octanol–water partition coefficient (Wildman–Crippen LogP) is 4.71. The molecule has 126 valence electrons. The SMILES string of the molecule is CCCOc1ccc(Br)cc1C(=O)CC(=O)c1cc(C)ccc1O. The monoisotopic (exact) mass is 390 g/mol. The summed E-state index contributed by atoms with van der Waals surface area (Å²) in [5.74, 6) is -0.405. The van der Waals surface area contributed by atoms with E-state index in [9.17, 15) is 14.7 Å². The second-order valence-corrected chi connectivity index (χ2v) is 6.45. The molecule has 0 aliphatic carbocycles. The number of aryl methyl sites for hydroxylation is 1. The van der Waals surface area contributed by atoms with Gasteiger partial charge in [0.25, 0.3) is 0 Å². The van der Waals surface area contributed by atoms with Gasteiger partial charge >= 0.3 is 0 Å². The number of aromatic hydroxyl groups is 1. The standard InChI is InChI=1S/C19H19BrO4/c1-3-8-24-19-7-5-13(20)10-15(19)18(23)11-17(22)14-9-12(2)4-6-16(14)21/h4-7,9-10,21H,3,8,11H2,1-2H3. The van der Waals surface area contributed by atoms with Crippen molar-refractivity contribution < 1.29 is 19.4 Å². The molecule has 1 N–H and O–H groups in total. The van der Waals surface area contributed by atoms with Gasteiger partial charge in [0.2, 0.25) is 0 Å². The summed E-state index contributed by atoms with van der Waals surface area (Å²) in [7, 11) is 0. The van der Waals surface area contributed by atoms with E-state index in [1.807, 2.05) is 13.8 Å². The molecule has 0 aliphatic heterocycles. The maximum Gasteiger partial charge on any atom is 0.174 e. The molecule has 4 nitrogen and oxygen atoms in total. The van der Waals surface area contributed by atoms with Crippen molar-refractivity contribution in [1.29, 1.82) is 0 Å². The molecule has 0 aromatic heterocycles. The van der Waals surface area contributed by atoms with Crippen molar-refractivity contribution in [2.45, 2.75) is 26.7 Å². The molecule has 0 bridgehead atoms. The van der Waals surface area contributed by atoms with E-state index in [2.05, 4.69) is 15.9 Å². The molecule has 2 aromatic carbocycles. The van der Waals surface area contributed by atoms with Crippen molar-refractivity contribution in [2.24, 2.45) is 0 Å². The topological polar surface area (TPSA) is 63.6 Å². The van der Waals surface area contributed by atoms with Crippen LogP contribution in [0.1, 0.15) is 46.0 Å². The van der Waals surface area contributed by atoms with Gasteiger partial charge in [-0.25, -0.2) is 0 Å². The van der Waals surface area contributed by atoms with E-state index < -0.39 is 5.78 Å². The van der Waals surface area contributed by atoms with Gasteiger partial charge < -0.3 is 9.84 Å². The molecule has 2 aromatic rings. The van der Waals surface area contributed by atoms with Crippen molar-refractivity contribution in [3.8, 4) is 11.5 Å². The Labute approximate surface area is 149 Å². The van der Waals surface area contributed by atoms with Crippen LogP contribution in [0.25, 0.3) is 0 Å². The summed E-state index contributed by atoms with van der Waals surface area (Å²) in [6.45, 7) is 4.29. The molecule has 24 heavy (non-hydrogen) atoms. The predicted molar refractivity (Wildman–Crippen MR) is 96.0 cm³/mol. The van der Waals surface area contributed by atoms with E-state index in [1.54, 1.807) is 30.3 Å². The zero-order chi connectivity index (χ0) is 17.7. The van der Waals surface area contributed by atoms with Crippen molar-refractivity contribution >= 4 is 27.5 Å². The molecular weight excluding hydrogens is 372 g/mol. The van der Waals surface area contributed by atoms with Crippen molar-refractivity contribution in [2.75, 3.05) is 6.61 Å². The Bertz CT molecular complexity index is 768. The summed E-state index contributed by atoms with van der Waals surface area (Å²) in [5.41, 5.74) is 1.37. The minimum Gasteiger partial charge on any atom is -0.507 e. The molecule has 0 radical (unpaired) electrons. The Morgan fingerprint density at radius 2 is 1.79 bits per heavy atom. The molecule has 0 saturated carbocycles. The Balaban J connectivity index is 2.24. The van der Waals surface area contributed by atoms with Gasteiger partial charge in [-0.15, -0.1) is 0 Å². The minimum absolute atomic E-state index is 0.116.